The number of fused-ring (bicyclic) bond motifs is 2. The first-order valence-corrected chi connectivity index (χ1v) is 11.6. The molecule has 1 heterocycles. The van der Waals surface area contributed by atoms with Gasteiger partial charge >= 0.3 is 6.09 Å². The molecule has 2 amide bonds. The zero-order chi connectivity index (χ0) is 22.2. The average Bonchev–Trinajstić information content (AvgIpc) is 3.13. The highest BCUT2D eigenvalue weighted by Crippen LogP contribution is 2.74. The Kier molecular flexibility index (Phi) is 4.34. The quantitative estimate of drug-likeness (QED) is 0.756. The Morgan fingerprint density at radius 2 is 1.87 bits per heavy atom. The minimum Gasteiger partial charge on any atom is -0.444 e. The van der Waals surface area contributed by atoms with Crippen molar-refractivity contribution in [2.24, 2.45) is 23.0 Å². The summed E-state index contributed by atoms with van der Waals surface area (Å²) in [4.78, 5) is 28.4. The highest BCUT2D eigenvalue weighted by Gasteiger charge is 2.74. The molecule has 5 atom stereocenters. The molecule has 3 fully saturated rings. The highest BCUT2D eigenvalue weighted by atomic mass is 16.6. The molecule has 6 heteroatoms. The molecule has 1 aliphatic heterocycles. The molecule has 168 valence electrons. The minimum absolute atomic E-state index is 0.136. The van der Waals surface area contributed by atoms with Gasteiger partial charge in [-0.2, -0.15) is 0 Å². The van der Waals surface area contributed by atoms with Gasteiger partial charge in [0.1, 0.15) is 5.60 Å². The summed E-state index contributed by atoms with van der Waals surface area (Å²) in [5.74, 6) is 1.16. The molecule has 3 saturated carbocycles. The van der Waals surface area contributed by atoms with Gasteiger partial charge in [0.05, 0.1) is 6.54 Å². The molecule has 4 unspecified atom stereocenters. The van der Waals surface area contributed by atoms with Crippen molar-refractivity contribution in [1.82, 2.24) is 10.2 Å². The van der Waals surface area contributed by atoms with Gasteiger partial charge in [-0.05, 0) is 81.3 Å². The van der Waals surface area contributed by atoms with Crippen molar-refractivity contribution in [3.63, 3.8) is 0 Å². The van der Waals surface area contributed by atoms with Gasteiger partial charge < -0.3 is 15.8 Å². The van der Waals surface area contributed by atoms with E-state index in [0.717, 1.165) is 24.0 Å². The van der Waals surface area contributed by atoms with Crippen LogP contribution in [-0.2, 0) is 22.5 Å². The molecule has 0 radical (unpaired) electrons. The maximum atomic E-state index is 13.8. The summed E-state index contributed by atoms with van der Waals surface area (Å²) >= 11 is 0. The Hall–Kier alpha value is -2.08. The molecular formula is C25H35N3O3. The standard InChI is InChI=1S/C25H35N3O3/c1-16-9-17-11-23(10-16)15-24(23,12-17)27-20(29)25(26)13-18-7-5-6-8-19(18)14-28(25)21(30)31-22(2,3)4/h5-8,16-17H,9-15,26H2,1-4H3,(H,27,29)/t16?,17?,23?,24?,25-/m0/s1. The molecule has 1 spiro atoms. The summed E-state index contributed by atoms with van der Waals surface area (Å²) in [7, 11) is 0. The van der Waals surface area contributed by atoms with Gasteiger partial charge in [-0.25, -0.2) is 4.79 Å². The van der Waals surface area contributed by atoms with Gasteiger partial charge in [0, 0.05) is 12.0 Å². The lowest BCUT2D eigenvalue weighted by Gasteiger charge is -2.44. The predicted molar refractivity (Wildman–Crippen MR) is 118 cm³/mol. The number of rotatable bonds is 2. The topological polar surface area (TPSA) is 84.7 Å². The van der Waals surface area contributed by atoms with Crippen LogP contribution in [0.25, 0.3) is 0 Å². The molecular weight excluding hydrogens is 390 g/mol. The van der Waals surface area contributed by atoms with E-state index in [0.29, 0.717) is 11.8 Å². The second-order valence-electron chi connectivity index (χ2n) is 11.7. The molecule has 2 bridgehead atoms. The average molecular weight is 426 g/mol. The summed E-state index contributed by atoms with van der Waals surface area (Å²) in [5.41, 5.74) is 6.82. The first kappa shape index (κ1) is 20.8. The first-order chi connectivity index (χ1) is 14.5. The number of nitrogens with zero attached hydrogens (tertiary/aromatic N) is 1. The number of hydrogen-bond acceptors (Lipinski definition) is 4. The highest BCUT2D eigenvalue weighted by molar-refractivity contribution is 5.91. The first-order valence-electron chi connectivity index (χ1n) is 11.6. The van der Waals surface area contributed by atoms with E-state index in [-0.39, 0.29) is 29.8 Å². The summed E-state index contributed by atoms with van der Waals surface area (Å²) < 4.78 is 5.65. The van der Waals surface area contributed by atoms with E-state index in [1.807, 2.05) is 45.0 Å². The van der Waals surface area contributed by atoms with Crippen LogP contribution < -0.4 is 11.1 Å². The Morgan fingerprint density at radius 1 is 1.16 bits per heavy atom. The summed E-state index contributed by atoms with van der Waals surface area (Å²) in [6.07, 6.45) is 5.49. The van der Waals surface area contributed by atoms with E-state index >= 15 is 0 Å². The van der Waals surface area contributed by atoms with Crippen LogP contribution in [0, 0.1) is 17.3 Å². The third-order valence-corrected chi connectivity index (χ3v) is 8.07. The van der Waals surface area contributed by atoms with E-state index < -0.39 is 17.4 Å². The predicted octanol–water partition coefficient (Wildman–Crippen LogP) is 3.72. The normalized spacial score (nSPS) is 38.2. The maximum absolute atomic E-state index is 13.8. The number of ether oxygens (including phenoxy) is 1. The number of hydrogen-bond donors (Lipinski definition) is 2. The van der Waals surface area contributed by atoms with Crippen molar-refractivity contribution in [2.45, 2.75) is 89.6 Å². The van der Waals surface area contributed by atoms with Crippen LogP contribution in [0.1, 0.15) is 70.9 Å². The van der Waals surface area contributed by atoms with Crippen molar-refractivity contribution in [1.29, 1.82) is 0 Å². The Balaban J connectivity index is 1.43. The van der Waals surface area contributed by atoms with Crippen molar-refractivity contribution in [3.8, 4) is 0 Å². The molecule has 0 aromatic heterocycles. The third kappa shape index (κ3) is 3.25. The van der Waals surface area contributed by atoms with Crippen molar-refractivity contribution in [3.05, 3.63) is 35.4 Å². The van der Waals surface area contributed by atoms with Crippen molar-refractivity contribution < 1.29 is 14.3 Å². The zero-order valence-electron chi connectivity index (χ0n) is 19.2. The third-order valence-electron chi connectivity index (χ3n) is 8.07. The summed E-state index contributed by atoms with van der Waals surface area (Å²) in [6, 6.07) is 7.89. The number of benzene rings is 1. The Morgan fingerprint density at radius 3 is 2.58 bits per heavy atom. The fourth-order valence-electron chi connectivity index (χ4n) is 6.93. The van der Waals surface area contributed by atoms with Crippen molar-refractivity contribution in [2.75, 3.05) is 0 Å². The minimum atomic E-state index is -1.46. The van der Waals surface area contributed by atoms with E-state index in [1.54, 1.807) is 0 Å². The molecule has 1 aromatic rings. The van der Waals surface area contributed by atoms with Crippen molar-refractivity contribution >= 4 is 12.0 Å². The van der Waals surface area contributed by atoms with Gasteiger partial charge in [0.15, 0.2) is 5.66 Å². The van der Waals surface area contributed by atoms with Gasteiger partial charge in [0.2, 0.25) is 0 Å². The van der Waals surface area contributed by atoms with Crippen LogP contribution >= 0.6 is 0 Å². The fraction of sp³-hybridized carbons (Fsp3) is 0.680. The zero-order valence-corrected chi connectivity index (χ0v) is 19.2. The van der Waals surface area contributed by atoms with E-state index in [4.69, 9.17) is 10.5 Å². The SMILES string of the molecule is CC1CC2CC3(C1)CC3(NC(=O)[C@]1(N)Cc3ccccc3CN1C(=O)OC(C)(C)C)C2. The van der Waals surface area contributed by atoms with Gasteiger partial charge in [-0.3, -0.25) is 9.69 Å². The summed E-state index contributed by atoms with van der Waals surface area (Å²) in [6.45, 7) is 8.08. The molecule has 3 aliphatic carbocycles. The lowest BCUT2D eigenvalue weighted by Crippen LogP contribution is -2.70. The molecule has 4 aliphatic rings. The molecule has 6 nitrogen and oxygen atoms in total. The van der Waals surface area contributed by atoms with Crippen LogP contribution in [0.4, 0.5) is 4.79 Å². The molecule has 1 aromatic carbocycles. The Labute approximate surface area is 184 Å². The molecule has 0 saturated heterocycles. The second-order valence-corrected chi connectivity index (χ2v) is 11.7. The van der Waals surface area contributed by atoms with E-state index in [9.17, 15) is 9.59 Å². The van der Waals surface area contributed by atoms with Gasteiger partial charge in [-0.1, -0.05) is 31.2 Å². The lowest BCUT2D eigenvalue weighted by atomic mass is 9.77. The number of carbonyl (C=O) groups is 2. The Bertz CT molecular complexity index is 940. The maximum Gasteiger partial charge on any atom is 0.412 e. The van der Waals surface area contributed by atoms with Crippen LogP contribution in [0.2, 0.25) is 0 Å². The smallest absolute Gasteiger partial charge is 0.412 e. The largest absolute Gasteiger partial charge is 0.444 e. The van der Waals surface area contributed by atoms with E-state index in [1.165, 1.54) is 24.2 Å². The number of nitrogens with two attached hydrogens (primary N) is 1. The van der Waals surface area contributed by atoms with Crippen LogP contribution in [-0.4, -0.2) is 33.7 Å². The second kappa shape index (κ2) is 6.47. The molecule has 3 N–H and O–H groups in total. The summed E-state index contributed by atoms with van der Waals surface area (Å²) in [5, 5.41) is 3.39. The number of carbonyl (C=O) groups excluding carboxylic acids is 2. The van der Waals surface area contributed by atoms with Crippen LogP contribution in [0.5, 0.6) is 0 Å². The lowest BCUT2D eigenvalue weighted by molar-refractivity contribution is -0.135. The van der Waals surface area contributed by atoms with Gasteiger partial charge in [0.25, 0.3) is 5.91 Å². The molecule has 5 rings (SSSR count). The molecule has 31 heavy (non-hydrogen) atoms. The monoisotopic (exact) mass is 425 g/mol. The van der Waals surface area contributed by atoms with E-state index in [2.05, 4.69) is 12.2 Å². The number of amides is 2. The number of nitrogens with one attached hydrogen (secondary N) is 1. The van der Waals surface area contributed by atoms with Gasteiger partial charge in [-0.15, -0.1) is 0 Å². The van der Waals surface area contributed by atoms with Crippen LogP contribution in [0.15, 0.2) is 24.3 Å². The fourth-order valence-corrected chi connectivity index (χ4v) is 6.93. The van der Waals surface area contributed by atoms with Crippen LogP contribution in [0.3, 0.4) is 0 Å².